The molecular formula is C19H30N3O2+. The van der Waals surface area contributed by atoms with Crippen LogP contribution in [-0.2, 0) is 16.1 Å². The summed E-state index contributed by atoms with van der Waals surface area (Å²) in [5.74, 6) is -0.000231. The predicted octanol–water partition coefficient (Wildman–Crippen LogP) is 0.383. The van der Waals surface area contributed by atoms with Crippen molar-refractivity contribution in [2.24, 2.45) is 5.92 Å². The topological polar surface area (TPSA) is 53.9 Å². The van der Waals surface area contributed by atoms with Gasteiger partial charge in [-0.15, -0.1) is 0 Å². The maximum absolute atomic E-state index is 12.7. The van der Waals surface area contributed by atoms with Gasteiger partial charge in [0.1, 0.15) is 12.6 Å². The van der Waals surface area contributed by atoms with Crippen LogP contribution in [0, 0.1) is 12.8 Å². The summed E-state index contributed by atoms with van der Waals surface area (Å²) in [6.07, 6.45) is 0. The monoisotopic (exact) mass is 332 g/mol. The summed E-state index contributed by atoms with van der Waals surface area (Å²) in [4.78, 5) is 27.5. The van der Waals surface area contributed by atoms with Crippen molar-refractivity contribution in [2.75, 3.05) is 26.2 Å². The summed E-state index contributed by atoms with van der Waals surface area (Å²) in [5.41, 5.74) is 2.71. The molecular weight excluding hydrogens is 302 g/mol. The van der Waals surface area contributed by atoms with Gasteiger partial charge in [-0.1, -0.05) is 38.1 Å². The first-order chi connectivity index (χ1) is 11.4. The van der Waals surface area contributed by atoms with E-state index in [9.17, 15) is 9.59 Å². The largest absolute Gasteiger partial charge is 0.344 e. The normalized spacial score (nSPS) is 17.0. The molecule has 2 N–H and O–H groups in total. The van der Waals surface area contributed by atoms with Crippen molar-refractivity contribution in [3.63, 3.8) is 0 Å². The minimum atomic E-state index is -0.416. The molecule has 0 aliphatic carbocycles. The van der Waals surface area contributed by atoms with Crippen molar-refractivity contribution in [1.82, 2.24) is 10.2 Å². The number of hydrogen-bond donors (Lipinski definition) is 2. The average Bonchev–Trinajstić information content (AvgIpc) is 2.54. The molecule has 5 heteroatoms. The molecule has 1 fully saturated rings. The van der Waals surface area contributed by atoms with Crippen molar-refractivity contribution >= 4 is 11.8 Å². The molecule has 0 aromatic heterocycles. The van der Waals surface area contributed by atoms with Gasteiger partial charge >= 0.3 is 0 Å². The maximum Gasteiger partial charge on any atom is 0.245 e. The molecule has 24 heavy (non-hydrogen) atoms. The summed E-state index contributed by atoms with van der Waals surface area (Å²) in [6, 6.07) is 8.07. The molecule has 0 saturated carbocycles. The van der Waals surface area contributed by atoms with E-state index in [4.69, 9.17) is 0 Å². The smallest absolute Gasteiger partial charge is 0.245 e. The fourth-order valence-corrected chi connectivity index (χ4v) is 3.23. The van der Waals surface area contributed by atoms with Crippen molar-refractivity contribution in [3.05, 3.63) is 35.4 Å². The minimum Gasteiger partial charge on any atom is -0.344 e. The number of nitrogens with zero attached hydrogens (tertiary/aromatic N) is 1. The quantitative estimate of drug-likeness (QED) is 0.819. The Bertz CT molecular complexity index is 578. The first kappa shape index (κ1) is 18.5. The fraction of sp³-hybridized carbons (Fsp3) is 0.579. The molecule has 1 aromatic carbocycles. The molecule has 1 aliphatic heterocycles. The second-order valence-corrected chi connectivity index (χ2v) is 7.10. The Hall–Kier alpha value is -1.88. The lowest BCUT2D eigenvalue weighted by Crippen LogP contribution is -3.13. The van der Waals surface area contributed by atoms with Gasteiger partial charge in [-0.25, -0.2) is 0 Å². The minimum absolute atomic E-state index is 0.0511. The Morgan fingerprint density at radius 2 is 1.83 bits per heavy atom. The first-order valence-corrected chi connectivity index (χ1v) is 8.82. The van der Waals surface area contributed by atoms with Crippen molar-refractivity contribution < 1.29 is 14.5 Å². The third-order valence-corrected chi connectivity index (χ3v) is 4.78. The lowest BCUT2D eigenvalue weighted by Gasteiger charge is -2.35. The summed E-state index contributed by atoms with van der Waals surface area (Å²) >= 11 is 0. The Kier molecular flexibility index (Phi) is 6.37. The van der Waals surface area contributed by atoms with E-state index >= 15 is 0 Å². The lowest BCUT2D eigenvalue weighted by molar-refractivity contribution is -0.917. The van der Waals surface area contributed by atoms with Crippen LogP contribution < -0.4 is 10.2 Å². The van der Waals surface area contributed by atoms with E-state index in [1.54, 1.807) is 0 Å². The van der Waals surface area contributed by atoms with Crippen molar-refractivity contribution in [1.29, 1.82) is 0 Å². The van der Waals surface area contributed by atoms with Crippen LogP contribution in [-0.4, -0.2) is 48.9 Å². The van der Waals surface area contributed by atoms with Gasteiger partial charge < -0.3 is 15.1 Å². The Labute approximate surface area is 145 Å². The molecule has 2 amide bonds. The number of piperazine rings is 1. The van der Waals surface area contributed by atoms with Gasteiger partial charge in [-0.3, -0.25) is 9.59 Å². The van der Waals surface area contributed by atoms with Crippen LogP contribution >= 0.6 is 0 Å². The van der Waals surface area contributed by atoms with Crippen LogP contribution in [0.2, 0.25) is 0 Å². The van der Waals surface area contributed by atoms with E-state index in [1.165, 1.54) is 23.0 Å². The highest BCUT2D eigenvalue weighted by Crippen LogP contribution is 2.08. The van der Waals surface area contributed by atoms with Gasteiger partial charge in [0.25, 0.3) is 0 Å². The van der Waals surface area contributed by atoms with Gasteiger partial charge in [0.2, 0.25) is 11.8 Å². The summed E-state index contributed by atoms with van der Waals surface area (Å²) in [6.45, 7) is 12.0. The number of carbonyl (C=O) groups is 2. The molecule has 1 aliphatic rings. The SMILES string of the molecule is CC(=O)N[C@@H](C(=O)N1CC[NH+](Cc2ccccc2C)CC1)C(C)C. The number of carbonyl (C=O) groups excluding carboxylic acids is 2. The van der Waals surface area contributed by atoms with E-state index in [0.29, 0.717) is 0 Å². The second kappa shape index (κ2) is 8.29. The standard InChI is InChI=1S/C19H29N3O2/c1-14(2)18(20-16(4)23)19(24)22-11-9-21(10-12-22)13-17-8-6-5-7-15(17)3/h5-8,14,18H,9-13H2,1-4H3,(H,20,23)/p+1/t18-/m1/s1. The molecule has 0 radical (unpaired) electrons. The number of amides is 2. The number of rotatable bonds is 5. The number of nitrogens with one attached hydrogen (secondary N) is 2. The second-order valence-electron chi connectivity index (χ2n) is 7.10. The number of benzene rings is 1. The van der Waals surface area contributed by atoms with Crippen molar-refractivity contribution in [2.45, 2.75) is 40.3 Å². The first-order valence-electron chi connectivity index (χ1n) is 8.82. The molecule has 1 saturated heterocycles. The maximum atomic E-state index is 12.7. The van der Waals surface area contributed by atoms with E-state index in [1.807, 2.05) is 18.7 Å². The molecule has 5 nitrogen and oxygen atoms in total. The van der Waals surface area contributed by atoms with Gasteiger partial charge in [-0.05, 0) is 18.4 Å². The zero-order valence-corrected chi connectivity index (χ0v) is 15.3. The summed E-state index contributed by atoms with van der Waals surface area (Å²) in [7, 11) is 0. The van der Waals surface area contributed by atoms with Crippen LogP contribution in [0.4, 0.5) is 0 Å². The predicted molar refractivity (Wildman–Crippen MR) is 94.6 cm³/mol. The molecule has 0 unspecified atom stereocenters. The molecule has 132 valence electrons. The molecule has 1 aromatic rings. The van der Waals surface area contributed by atoms with Gasteiger partial charge in [0.15, 0.2) is 0 Å². The van der Waals surface area contributed by atoms with Crippen LogP contribution in [0.25, 0.3) is 0 Å². The van der Waals surface area contributed by atoms with Crippen LogP contribution in [0.5, 0.6) is 0 Å². The van der Waals surface area contributed by atoms with Gasteiger partial charge in [-0.2, -0.15) is 0 Å². The molecule has 1 atom stereocenters. The zero-order valence-electron chi connectivity index (χ0n) is 15.3. The fourth-order valence-electron chi connectivity index (χ4n) is 3.23. The Morgan fingerprint density at radius 1 is 1.21 bits per heavy atom. The highest BCUT2D eigenvalue weighted by molar-refractivity contribution is 5.87. The van der Waals surface area contributed by atoms with Gasteiger partial charge in [0.05, 0.1) is 26.2 Å². The molecule has 0 bridgehead atoms. The summed E-state index contributed by atoms with van der Waals surface area (Å²) < 4.78 is 0. The Morgan fingerprint density at radius 3 is 2.38 bits per heavy atom. The number of hydrogen-bond acceptors (Lipinski definition) is 2. The third kappa shape index (κ3) is 4.81. The highest BCUT2D eigenvalue weighted by atomic mass is 16.2. The van der Waals surface area contributed by atoms with Crippen LogP contribution in [0.15, 0.2) is 24.3 Å². The van der Waals surface area contributed by atoms with E-state index in [0.717, 1.165) is 32.7 Å². The van der Waals surface area contributed by atoms with E-state index in [2.05, 4.69) is 36.5 Å². The highest BCUT2D eigenvalue weighted by Gasteiger charge is 2.31. The average molecular weight is 332 g/mol. The Balaban J connectivity index is 1.90. The number of aryl methyl sites for hydroxylation is 1. The van der Waals surface area contributed by atoms with Crippen molar-refractivity contribution in [3.8, 4) is 0 Å². The lowest BCUT2D eigenvalue weighted by atomic mass is 10.0. The molecule has 2 rings (SSSR count). The molecule has 0 spiro atoms. The zero-order chi connectivity index (χ0) is 17.7. The van der Waals surface area contributed by atoms with E-state index < -0.39 is 6.04 Å². The number of quaternary nitrogens is 1. The van der Waals surface area contributed by atoms with Gasteiger partial charge in [0, 0.05) is 12.5 Å². The molecule has 1 heterocycles. The van der Waals surface area contributed by atoms with E-state index in [-0.39, 0.29) is 17.7 Å². The van der Waals surface area contributed by atoms with Crippen LogP contribution in [0.3, 0.4) is 0 Å². The van der Waals surface area contributed by atoms with Crippen LogP contribution in [0.1, 0.15) is 31.9 Å². The third-order valence-electron chi connectivity index (χ3n) is 4.78. The summed E-state index contributed by atoms with van der Waals surface area (Å²) in [5, 5.41) is 2.80.